The zero-order valence-electron chi connectivity index (χ0n) is 21.4. The number of carbonyl (C=O) groups excluding carboxylic acids is 4. The number of piperidine rings is 1. The number of benzene rings is 2. The summed E-state index contributed by atoms with van der Waals surface area (Å²) in [7, 11) is 0. The zero-order valence-corrected chi connectivity index (χ0v) is 21.4. The van der Waals surface area contributed by atoms with E-state index in [1.54, 1.807) is 18.2 Å². The van der Waals surface area contributed by atoms with Crippen LogP contribution in [0.3, 0.4) is 0 Å². The molecule has 2 N–H and O–H groups in total. The minimum absolute atomic E-state index is 0.145. The van der Waals surface area contributed by atoms with Crippen molar-refractivity contribution in [3.63, 3.8) is 0 Å². The van der Waals surface area contributed by atoms with E-state index >= 15 is 0 Å². The SMILES string of the molecule is O=C1CCC(N2C(=O)c3cccc(NCc4ccc(CN5CCC(O)(C6CC6)CC5)cc4)c3C2=O)C(=O)C1. The fourth-order valence-corrected chi connectivity index (χ4v) is 6.21. The van der Waals surface area contributed by atoms with Crippen LogP contribution >= 0.6 is 0 Å². The minimum Gasteiger partial charge on any atom is -0.390 e. The molecule has 1 saturated heterocycles. The molecule has 3 fully saturated rings. The maximum absolute atomic E-state index is 13.3. The summed E-state index contributed by atoms with van der Waals surface area (Å²) in [6, 6.07) is 12.6. The number of nitrogens with one attached hydrogen (secondary N) is 1. The third kappa shape index (κ3) is 4.67. The smallest absolute Gasteiger partial charge is 0.264 e. The van der Waals surface area contributed by atoms with E-state index < -0.39 is 23.5 Å². The number of rotatable bonds is 7. The Morgan fingerprint density at radius 2 is 1.61 bits per heavy atom. The molecule has 0 radical (unpaired) electrons. The van der Waals surface area contributed by atoms with E-state index in [1.165, 1.54) is 18.4 Å². The summed E-state index contributed by atoms with van der Waals surface area (Å²) in [5.41, 5.74) is 2.95. The Hall–Kier alpha value is -3.36. The molecule has 0 aromatic heterocycles. The molecule has 198 valence electrons. The van der Waals surface area contributed by atoms with Crippen LogP contribution in [0.5, 0.6) is 0 Å². The van der Waals surface area contributed by atoms with Crippen LogP contribution in [0.4, 0.5) is 5.69 Å². The van der Waals surface area contributed by atoms with Crippen LogP contribution in [0.1, 0.15) is 76.8 Å². The van der Waals surface area contributed by atoms with Crippen molar-refractivity contribution in [2.24, 2.45) is 5.92 Å². The summed E-state index contributed by atoms with van der Waals surface area (Å²) in [5.74, 6) is -0.953. The maximum Gasteiger partial charge on any atom is 0.264 e. The molecule has 2 aliphatic heterocycles. The number of amides is 2. The Morgan fingerprint density at radius 3 is 2.29 bits per heavy atom. The molecule has 1 atom stereocenters. The van der Waals surface area contributed by atoms with Gasteiger partial charge < -0.3 is 10.4 Å². The van der Waals surface area contributed by atoms with E-state index in [1.807, 2.05) is 0 Å². The van der Waals surface area contributed by atoms with Crippen LogP contribution in [0.15, 0.2) is 42.5 Å². The number of ketones is 2. The van der Waals surface area contributed by atoms with Crippen molar-refractivity contribution in [3.8, 4) is 0 Å². The quantitative estimate of drug-likeness (QED) is 0.430. The molecule has 8 nitrogen and oxygen atoms in total. The number of hydrogen-bond donors (Lipinski definition) is 2. The Kier molecular flexibility index (Phi) is 6.40. The monoisotopic (exact) mass is 515 g/mol. The Labute approximate surface area is 222 Å². The Balaban J connectivity index is 1.08. The van der Waals surface area contributed by atoms with Crippen molar-refractivity contribution in [2.45, 2.75) is 69.7 Å². The molecule has 2 amide bonds. The summed E-state index contributed by atoms with van der Waals surface area (Å²) in [4.78, 5) is 53.9. The molecule has 8 heteroatoms. The number of imide groups is 1. The number of Topliss-reactive ketones (excluding diaryl/α,β-unsaturated/α-hetero) is 2. The molecular weight excluding hydrogens is 482 g/mol. The fraction of sp³-hybridized carbons (Fsp3) is 0.467. The molecule has 1 unspecified atom stereocenters. The number of nitrogens with zero attached hydrogens (tertiary/aromatic N) is 2. The molecule has 2 heterocycles. The van der Waals surface area contributed by atoms with Crippen LogP contribution in [0.25, 0.3) is 0 Å². The average Bonchev–Trinajstić information content (AvgIpc) is 3.74. The summed E-state index contributed by atoms with van der Waals surface area (Å²) < 4.78 is 0. The van der Waals surface area contributed by atoms with Crippen molar-refractivity contribution in [1.29, 1.82) is 0 Å². The minimum atomic E-state index is -0.872. The predicted octanol–water partition coefficient (Wildman–Crippen LogP) is 3.32. The standard InChI is InChI=1S/C30H33N3O5/c34-22-10-11-25(26(35)16-22)33-28(36)23-2-1-3-24(27(23)29(33)37)31-17-19-4-6-20(7-5-19)18-32-14-12-30(38,13-15-32)21-8-9-21/h1-7,21,25,31,38H,8-18H2. The molecule has 38 heavy (non-hydrogen) atoms. The van der Waals surface area contributed by atoms with E-state index in [-0.39, 0.29) is 42.0 Å². The molecule has 2 aromatic carbocycles. The molecule has 6 rings (SSSR count). The second-order valence-corrected chi connectivity index (χ2v) is 11.3. The first-order valence-electron chi connectivity index (χ1n) is 13.6. The van der Waals surface area contributed by atoms with E-state index in [0.29, 0.717) is 18.2 Å². The molecule has 4 aliphatic rings. The van der Waals surface area contributed by atoms with Crippen molar-refractivity contribution in [2.75, 3.05) is 18.4 Å². The normalized spacial score (nSPS) is 23.6. The first-order chi connectivity index (χ1) is 18.3. The van der Waals surface area contributed by atoms with Gasteiger partial charge in [-0.05, 0) is 61.3 Å². The number of likely N-dealkylation sites (tertiary alicyclic amines) is 1. The lowest BCUT2D eigenvalue weighted by molar-refractivity contribution is -0.132. The first-order valence-corrected chi connectivity index (χ1v) is 13.6. The van der Waals surface area contributed by atoms with Crippen molar-refractivity contribution < 1.29 is 24.3 Å². The van der Waals surface area contributed by atoms with Gasteiger partial charge in [-0.3, -0.25) is 29.0 Å². The van der Waals surface area contributed by atoms with E-state index in [0.717, 1.165) is 42.9 Å². The lowest BCUT2D eigenvalue weighted by atomic mass is 9.86. The van der Waals surface area contributed by atoms with Crippen LogP contribution in [0, 0.1) is 5.92 Å². The van der Waals surface area contributed by atoms with Crippen molar-refractivity contribution in [1.82, 2.24) is 9.80 Å². The van der Waals surface area contributed by atoms with Gasteiger partial charge in [0.2, 0.25) is 0 Å². The summed E-state index contributed by atoms with van der Waals surface area (Å²) in [6.45, 7) is 3.18. The van der Waals surface area contributed by atoms with Crippen LogP contribution in [-0.4, -0.2) is 63.0 Å². The highest BCUT2D eigenvalue weighted by molar-refractivity contribution is 6.25. The van der Waals surface area contributed by atoms with Crippen LogP contribution in [0.2, 0.25) is 0 Å². The molecule has 0 spiro atoms. The van der Waals surface area contributed by atoms with Crippen LogP contribution in [-0.2, 0) is 22.7 Å². The topological polar surface area (TPSA) is 107 Å². The fourth-order valence-electron chi connectivity index (χ4n) is 6.21. The Morgan fingerprint density at radius 1 is 0.895 bits per heavy atom. The van der Waals surface area contributed by atoms with Gasteiger partial charge in [-0.15, -0.1) is 0 Å². The van der Waals surface area contributed by atoms with Gasteiger partial charge in [0.15, 0.2) is 5.78 Å². The highest BCUT2D eigenvalue weighted by Crippen LogP contribution is 2.45. The summed E-state index contributed by atoms with van der Waals surface area (Å²) in [5, 5.41) is 14.1. The highest BCUT2D eigenvalue weighted by Gasteiger charge is 2.46. The van der Waals surface area contributed by atoms with Crippen molar-refractivity contribution >= 4 is 29.1 Å². The van der Waals surface area contributed by atoms with Gasteiger partial charge in [-0.1, -0.05) is 30.3 Å². The molecule has 2 saturated carbocycles. The van der Waals surface area contributed by atoms with E-state index in [9.17, 15) is 24.3 Å². The lowest BCUT2D eigenvalue weighted by Gasteiger charge is -2.38. The van der Waals surface area contributed by atoms with Gasteiger partial charge in [-0.25, -0.2) is 0 Å². The largest absolute Gasteiger partial charge is 0.390 e. The summed E-state index contributed by atoms with van der Waals surface area (Å²) >= 11 is 0. The molecule has 0 bridgehead atoms. The van der Waals surface area contributed by atoms with Crippen molar-refractivity contribution in [3.05, 3.63) is 64.7 Å². The summed E-state index contributed by atoms with van der Waals surface area (Å²) in [6.07, 6.45) is 4.22. The first kappa shape index (κ1) is 24.9. The number of hydrogen-bond acceptors (Lipinski definition) is 7. The van der Waals surface area contributed by atoms with Gasteiger partial charge in [0.25, 0.3) is 11.8 Å². The second-order valence-electron chi connectivity index (χ2n) is 11.3. The third-order valence-electron chi connectivity index (χ3n) is 8.67. The third-order valence-corrected chi connectivity index (χ3v) is 8.67. The van der Waals surface area contributed by atoms with Gasteiger partial charge >= 0.3 is 0 Å². The van der Waals surface area contributed by atoms with Gasteiger partial charge in [-0.2, -0.15) is 0 Å². The molecule has 2 aliphatic carbocycles. The number of fused-ring (bicyclic) bond motifs is 1. The van der Waals surface area contributed by atoms with E-state index in [4.69, 9.17) is 0 Å². The Bertz CT molecular complexity index is 1290. The molecular formula is C30H33N3O5. The highest BCUT2D eigenvalue weighted by atomic mass is 16.3. The second kappa shape index (κ2) is 9.75. The van der Waals surface area contributed by atoms with Crippen LogP contribution < -0.4 is 5.32 Å². The molecule has 2 aromatic rings. The predicted molar refractivity (Wildman–Crippen MR) is 141 cm³/mol. The number of aliphatic hydroxyl groups is 1. The lowest BCUT2D eigenvalue weighted by Crippen LogP contribution is -2.47. The average molecular weight is 516 g/mol. The van der Waals surface area contributed by atoms with Gasteiger partial charge in [0.05, 0.1) is 29.2 Å². The van der Waals surface area contributed by atoms with E-state index in [2.05, 4.69) is 34.5 Å². The van der Waals surface area contributed by atoms with Gasteiger partial charge in [0.1, 0.15) is 5.78 Å². The van der Waals surface area contributed by atoms with Gasteiger partial charge in [0, 0.05) is 38.3 Å². The number of anilines is 1. The number of carbonyl (C=O) groups is 4. The zero-order chi connectivity index (χ0) is 26.4. The maximum atomic E-state index is 13.3.